The van der Waals surface area contributed by atoms with Crippen LogP contribution in [0.15, 0.2) is 42.5 Å². The van der Waals surface area contributed by atoms with Crippen LogP contribution in [-0.2, 0) is 0 Å². The van der Waals surface area contributed by atoms with E-state index < -0.39 is 0 Å². The largest absolute Gasteiger partial charge is 0.347 e. The summed E-state index contributed by atoms with van der Waals surface area (Å²) in [6.07, 6.45) is 3.52. The maximum Gasteiger partial charge on any atom is 0.261 e. The molecule has 2 N–H and O–H groups in total. The van der Waals surface area contributed by atoms with Gasteiger partial charge in [-0.3, -0.25) is 4.79 Å². The number of amides is 1. The van der Waals surface area contributed by atoms with E-state index in [0.717, 1.165) is 16.2 Å². The molecule has 0 radical (unpaired) electrons. The predicted molar refractivity (Wildman–Crippen MR) is 85.6 cm³/mol. The van der Waals surface area contributed by atoms with Gasteiger partial charge in [-0.2, -0.15) is 0 Å². The van der Waals surface area contributed by atoms with Gasteiger partial charge in [0.25, 0.3) is 5.91 Å². The van der Waals surface area contributed by atoms with E-state index in [9.17, 15) is 4.79 Å². The zero-order valence-corrected chi connectivity index (χ0v) is 12.5. The quantitative estimate of drug-likeness (QED) is 0.914. The lowest BCUT2D eigenvalue weighted by Gasteiger charge is -2.20. The highest BCUT2D eigenvalue weighted by Gasteiger charge is 2.39. The summed E-state index contributed by atoms with van der Waals surface area (Å²) in [5.74, 6) is 0.0709. The second-order valence-corrected chi connectivity index (χ2v) is 6.98. The number of benzene rings is 1. The minimum Gasteiger partial charge on any atom is -0.347 e. The number of nitrogens with one attached hydrogen (secondary N) is 2. The molecule has 108 valence electrons. The molecular formula is C17H18N2OS. The van der Waals surface area contributed by atoms with Gasteiger partial charge in [0.2, 0.25) is 0 Å². The van der Waals surface area contributed by atoms with E-state index in [4.69, 9.17) is 0 Å². The van der Waals surface area contributed by atoms with Gasteiger partial charge in [-0.1, -0.05) is 30.3 Å². The van der Waals surface area contributed by atoms with E-state index in [2.05, 4.69) is 22.8 Å². The van der Waals surface area contributed by atoms with Crippen LogP contribution in [0.25, 0.3) is 10.4 Å². The zero-order valence-electron chi connectivity index (χ0n) is 11.7. The molecule has 3 heterocycles. The molecule has 4 heteroatoms. The molecule has 3 atom stereocenters. The van der Waals surface area contributed by atoms with E-state index in [1.165, 1.54) is 18.4 Å². The van der Waals surface area contributed by atoms with Crippen molar-refractivity contribution in [3.05, 3.63) is 47.3 Å². The number of fused-ring (bicyclic) bond motifs is 2. The Bertz CT molecular complexity index is 652. The summed E-state index contributed by atoms with van der Waals surface area (Å²) in [6, 6.07) is 15.6. The van der Waals surface area contributed by atoms with Crippen molar-refractivity contribution >= 4 is 17.2 Å². The molecule has 1 amide bonds. The Hall–Kier alpha value is -1.65. The van der Waals surface area contributed by atoms with Crippen LogP contribution in [0.5, 0.6) is 0 Å². The van der Waals surface area contributed by atoms with Crippen LogP contribution in [0.2, 0.25) is 0 Å². The minimum absolute atomic E-state index is 0.0709. The molecule has 1 aromatic heterocycles. The minimum atomic E-state index is 0.0709. The van der Waals surface area contributed by atoms with Crippen molar-refractivity contribution in [2.75, 3.05) is 0 Å². The van der Waals surface area contributed by atoms with E-state index in [0.29, 0.717) is 18.1 Å². The lowest BCUT2D eigenvalue weighted by molar-refractivity contribution is 0.0935. The van der Waals surface area contributed by atoms with E-state index >= 15 is 0 Å². The summed E-state index contributed by atoms with van der Waals surface area (Å²) in [6.45, 7) is 0. The van der Waals surface area contributed by atoms with Crippen LogP contribution < -0.4 is 10.6 Å². The van der Waals surface area contributed by atoms with E-state index in [-0.39, 0.29) is 5.91 Å². The Morgan fingerprint density at radius 2 is 2.00 bits per heavy atom. The molecule has 2 aromatic rings. The van der Waals surface area contributed by atoms with E-state index in [1.807, 2.05) is 30.3 Å². The first kappa shape index (κ1) is 13.0. The Balaban J connectivity index is 1.47. The number of carbonyl (C=O) groups excluding carboxylic acids is 1. The molecular weight excluding hydrogens is 280 g/mol. The Morgan fingerprint density at radius 1 is 1.14 bits per heavy atom. The molecule has 2 saturated heterocycles. The fraction of sp³-hybridized carbons (Fsp3) is 0.353. The van der Waals surface area contributed by atoms with E-state index in [1.54, 1.807) is 11.3 Å². The van der Waals surface area contributed by atoms with Gasteiger partial charge < -0.3 is 10.6 Å². The van der Waals surface area contributed by atoms with Gasteiger partial charge in [-0.25, -0.2) is 0 Å². The van der Waals surface area contributed by atoms with Crippen molar-refractivity contribution in [3.63, 3.8) is 0 Å². The zero-order chi connectivity index (χ0) is 14.2. The topological polar surface area (TPSA) is 41.1 Å². The molecule has 2 bridgehead atoms. The van der Waals surface area contributed by atoms with Crippen LogP contribution >= 0.6 is 11.3 Å². The van der Waals surface area contributed by atoms with Gasteiger partial charge in [0.15, 0.2) is 0 Å². The Morgan fingerprint density at radius 3 is 2.71 bits per heavy atom. The van der Waals surface area contributed by atoms with Gasteiger partial charge in [-0.15, -0.1) is 11.3 Å². The van der Waals surface area contributed by atoms with Crippen molar-refractivity contribution in [1.82, 2.24) is 10.6 Å². The Labute approximate surface area is 128 Å². The molecule has 1 aromatic carbocycles. The van der Waals surface area contributed by atoms with Crippen LogP contribution in [0.4, 0.5) is 0 Å². The highest BCUT2D eigenvalue weighted by Crippen LogP contribution is 2.30. The molecule has 4 rings (SSSR count). The van der Waals surface area contributed by atoms with Gasteiger partial charge in [0.05, 0.1) is 4.88 Å². The average molecular weight is 298 g/mol. The van der Waals surface area contributed by atoms with Crippen LogP contribution in [-0.4, -0.2) is 24.0 Å². The first-order valence-electron chi connectivity index (χ1n) is 7.52. The first-order valence-corrected chi connectivity index (χ1v) is 8.33. The van der Waals surface area contributed by atoms with Crippen molar-refractivity contribution in [2.45, 2.75) is 37.4 Å². The molecule has 21 heavy (non-hydrogen) atoms. The summed E-state index contributed by atoms with van der Waals surface area (Å²) in [4.78, 5) is 14.3. The highest BCUT2D eigenvalue weighted by atomic mass is 32.1. The second kappa shape index (κ2) is 5.28. The fourth-order valence-electron chi connectivity index (χ4n) is 3.44. The Kier molecular flexibility index (Phi) is 3.28. The average Bonchev–Trinajstić information content (AvgIpc) is 3.24. The normalized spacial score (nSPS) is 27.0. The molecule has 2 aliphatic rings. The van der Waals surface area contributed by atoms with Gasteiger partial charge in [0, 0.05) is 23.0 Å². The molecule has 0 saturated carbocycles. The molecule has 0 aliphatic carbocycles. The fourth-order valence-corrected chi connectivity index (χ4v) is 4.36. The third-order valence-corrected chi connectivity index (χ3v) is 5.64. The summed E-state index contributed by atoms with van der Waals surface area (Å²) in [5, 5.41) is 6.75. The van der Waals surface area contributed by atoms with Crippen molar-refractivity contribution in [1.29, 1.82) is 0 Å². The molecule has 2 aliphatic heterocycles. The third kappa shape index (κ3) is 2.49. The maximum absolute atomic E-state index is 12.4. The van der Waals surface area contributed by atoms with Crippen molar-refractivity contribution in [3.8, 4) is 10.4 Å². The van der Waals surface area contributed by atoms with Gasteiger partial charge in [-0.05, 0) is 37.0 Å². The SMILES string of the molecule is O=C(N[C@@H]1CC2CCC1N2)c1ccc(-c2ccccc2)s1. The number of hydrogen-bond acceptors (Lipinski definition) is 3. The molecule has 3 nitrogen and oxygen atoms in total. The third-order valence-electron chi connectivity index (χ3n) is 4.50. The summed E-state index contributed by atoms with van der Waals surface area (Å²) in [5.41, 5.74) is 1.17. The van der Waals surface area contributed by atoms with Crippen LogP contribution in [0, 0.1) is 0 Å². The number of hydrogen-bond donors (Lipinski definition) is 2. The van der Waals surface area contributed by atoms with Gasteiger partial charge in [0.1, 0.15) is 0 Å². The molecule has 2 fully saturated rings. The van der Waals surface area contributed by atoms with Crippen molar-refractivity contribution in [2.24, 2.45) is 0 Å². The smallest absolute Gasteiger partial charge is 0.261 e. The number of carbonyl (C=O) groups is 1. The lowest BCUT2D eigenvalue weighted by Crippen LogP contribution is -2.42. The second-order valence-electron chi connectivity index (χ2n) is 5.89. The van der Waals surface area contributed by atoms with Crippen LogP contribution in [0.1, 0.15) is 28.9 Å². The number of thiophene rings is 1. The highest BCUT2D eigenvalue weighted by molar-refractivity contribution is 7.17. The monoisotopic (exact) mass is 298 g/mol. The summed E-state index contributed by atoms with van der Waals surface area (Å²) in [7, 11) is 0. The lowest BCUT2D eigenvalue weighted by atomic mass is 9.95. The van der Waals surface area contributed by atoms with Gasteiger partial charge >= 0.3 is 0 Å². The van der Waals surface area contributed by atoms with Crippen LogP contribution in [0.3, 0.4) is 0 Å². The summed E-state index contributed by atoms with van der Waals surface area (Å²) >= 11 is 1.57. The standard InChI is InChI=1S/C17H18N2OS/c20-17(19-14-10-12-6-7-13(14)18-12)16-9-8-15(21-16)11-4-2-1-3-5-11/h1-5,8-9,12-14,18H,6-7,10H2,(H,19,20)/t12?,13?,14-/m1/s1. The van der Waals surface area contributed by atoms with Crippen molar-refractivity contribution < 1.29 is 4.79 Å². The maximum atomic E-state index is 12.4. The summed E-state index contributed by atoms with van der Waals surface area (Å²) < 4.78 is 0. The molecule has 0 spiro atoms. The predicted octanol–water partition coefficient (Wildman–Crippen LogP) is 3.04. The number of rotatable bonds is 3. The molecule has 2 unspecified atom stereocenters. The first-order chi connectivity index (χ1) is 10.3.